The molecule has 0 heterocycles. The van der Waals surface area contributed by atoms with Gasteiger partial charge >= 0.3 is 0 Å². The van der Waals surface area contributed by atoms with Crippen LogP contribution in [0.15, 0.2) is 24.3 Å². The first-order valence-electron chi connectivity index (χ1n) is 2.29. The van der Waals surface area contributed by atoms with Gasteiger partial charge in [0.15, 0.2) is 0 Å². The first-order chi connectivity index (χ1) is 3.79. The van der Waals surface area contributed by atoms with Gasteiger partial charge in [0, 0.05) is 6.92 Å². The van der Waals surface area contributed by atoms with Crippen LogP contribution < -0.4 is 0 Å². The SMILES string of the molecule is [C]c1ccc(O)cc1. The lowest BCUT2D eigenvalue weighted by atomic mass is 10.2. The zero-order chi connectivity index (χ0) is 5.98. The van der Waals surface area contributed by atoms with Crippen molar-refractivity contribution in [3.8, 4) is 5.75 Å². The van der Waals surface area contributed by atoms with Crippen molar-refractivity contribution in [2.24, 2.45) is 0 Å². The van der Waals surface area contributed by atoms with E-state index < -0.39 is 0 Å². The van der Waals surface area contributed by atoms with Gasteiger partial charge in [0.2, 0.25) is 0 Å². The Morgan fingerprint density at radius 2 is 1.62 bits per heavy atom. The second-order valence-corrected chi connectivity index (χ2v) is 1.55. The Bertz CT molecular complexity index is 143. The molecule has 3 radical (unpaired) electrons. The molecule has 0 saturated heterocycles. The van der Waals surface area contributed by atoms with Crippen LogP contribution >= 0.6 is 0 Å². The minimum Gasteiger partial charge on any atom is -0.508 e. The highest BCUT2D eigenvalue weighted by molar-refractivity contribution is 5.27. The average molecular weight is 105 g/mol. The number of hydrogen-bond donors (Lipinski definition) is 1. The summed E-state index contributed by atoms with van der Waals surface area (Å²) in [6.45, 7) is 6.98. The summed E-state index contributed by atoms with van der Waals surface area (Å²) >= 11 is 0. The summed E-state index contributed by atoms with van der Waals surface area (Å²) in [4.78, 5) is 0. The van der Waals surface area contributed by atoms with Crippen LogP contribution in [0.5, 0.6) is 5.75 Å². The molecule has 0 spiro atoms. The molecular weight excluding hydrogens is 100 g/mol. The van der Waals surface area contributed by atoms with Gasteiger partial charge in [-0.3, -0.25) is 0 Å². The molecule has 1 aromatic carbocycles. The Morgan fingerprint density at radius 1 is 1.12 bits per heavy atom. The van der Waals surface area contributed by atoms with Gasteiger partial charge in [-0.25, -0.2) is 0 Å². The van der Waals surface area contributed by atoms with Crippen LogP contribution in [-0.4, -0.2) is 5.11 Å². The molecule has 0 amide bonds. The molecule has 1 rings (SSSR count). The van der Waals surface area contributed by atoms with Crippen molar-refractivity contribution in [2.45, 2.75) is 0 Å². The first kappa shape index (κ1) is 5.16. The van der Waals surface area contributed by atoms with Gasteiger partial charge in [-0.2, -0.15) is 0 Å². The van der Waals surface area contributed by atoms with Gasteiger partial charge in [-0.1, -0.05) is 12.1 Å². The van der Waals surface area contributed by atoms with E-state index in [0.717, 1.165) is 0 Å². The van der Waals surface area contributed by atoms with Crippen molar-refractivity contribution < 1.29 is 5.11 Å². The molecule has 0 unspecified atom stereocenters. The highest BCUT2D eigenvalue weighted by Crippen LogP contribution is 2.07. The van der Waals surface area contributed by atoms with Crippen LogP contribution in [-0.2, 0) is 0 Å². The standard InChI is InChI=1S/C7H5O/c1-6-2-4-7(8)5-3-6/h2-5,8H. The molecule has 1 nitrogen and oxygen atoms in total. The third kappa shape index (κ3) is 0.997. The van der Waals surface area contributed by atoms with Gasteiger partial charge in [0.25, 0.3) is 0 Å². The third-order valence-electron chi connectivity index (χ3n) is 0.867. The summed E-state index contributed by atoms with van der Waals surface area (Å²) in [5.41, 5.74) is 0.419. The molecule has 0 aliphatic carbocycles. The number of rotatable bonds is 0. The lowest BCUT2D eigenvalue weighted by Crippen LogP contribution is -1.66. The van der Waals surface area contributed by atoms with Crippen LogP contribution in [0, 0.1) is 6.92 Å². The van der Waals surface area contributed by atoms with E-state index in [0.29, 0.717) is 5.56 Å². The summed E-state index contributed by atoms with van der Waals surface area (Å²) in [6.07, 6.45) is 0. The second-order valence-electron chi connectivity index (χ2n) is 1.55. The Labute approximate surface area is 48.6 Å². The van der Waals surface area contributed by atoms with E-state index in [9.17, 15) is 0 Å². The Morgan fingerprint density at radius 3 is 2.00 bits per heavy atom. The molecule has 0 aliphatic rings. The van der Waals surface area contributed by atoms with Gasteiger partial charge in [0.05, 0.1) is 0 Å². The molecular formula is C7H5O. The van der Waals surface area contributed by atoms with Crippen molar-refractivity contribution in [2.75, 3.05) is 0 Å². The smallest absolute Gasteiger partial charge is 0.115 e. The van der Waals surface area contributed by atoms with E-state index in [1.807, 2.05) is 0 Å². The Kier molecular flexibility index (Phi) is 1.20. The summed E-state index contributed by atoms with van der Waals surface area (Å²) in [7, 11) is 0. The van der Waals surface area contributed by atoms with Crippen molar-refractivity contribution in [3.05, 3.63) is 36.8 Å². The molecule has 0 fully saturated rings. The molecule has 1 N–H and O–H groups in total. The van der Waals surface area contributed by atoms with Gasteiger partial charge < -0.3 is 5.11 Å². The normalized spacial score (nSPS) is 9.12. The third-order valence-corrected chi connectivity index (χ3v) is 0.867. The van der Waals surface area contributed by atoms with Crippen molar-refractivity contribution in [1.82, 2.24) is 0 Å². The summed E-state index contributed by atoms with van der Waals surface area (Å²) in [5.74, 6) is 0.209. The molecule has 0 atom stereocenters. The lowest BCUT2D eigenvalue weighted by molar-refractivity contribution is 0.475. The minimum atomic E-state index is 0.209. The molecule has 0 aromatic heterocycles. The highest BCUT2D eigenvalue weighted by Gasteiger charge is 1.82. The van der Waals surface area contributed by atoms with Crippen molar-refractivity contribution in [3.63, 3.8) is 0 Å². The molecule has 39 valence electrons. The average Bonchev–Trinajstić information content (AvgIpc) is 1.77. The van der Waals surface area contributed by atoms with E-state index >= 15 is 0 Å². The number of aromatic hydroxyl groups is 1. The molecule has 1 aromatic rings. The van der Waals surface area contributed by atoms with Gasteiger partial charge in [-0.15, -0.1) is 0 Å². The van der Waals surface area contributed by atoms with Crippen LogP contribution in [0.1, 0.15) is 5.56 Å². The number of benzene rings is 1. The Balaban J connectivity index is 3.03. The predicted molar refractivity (Wildman–Crippen MR) is 30.5 cm³/mol. The predicted octanol–water partition coefficient (Wildman–Crippen LogP) is 1.33. The van der Waals surface area contributed by atoms with Crippen molar-refractivity contribution >= 4 is 0 Å². The maximum absolute atomic E-state index is 8.67. The summed E-state index contributed by atoms with van der Waals surface area (Å²) < 4.78 is 0. The Hall–Kier alpha value is -0.980. The fourth-order valence-electron chi connectivity index (χ4n) is 0.461. The fourth-order valence-corrected chi connectivity index (χ4v) is 0.461. The molecule has 0 saturated carbocycles. The number of phenolic OH excluding ortho intramolecular Hbond substituents is 1. The topological polar surface area (TPSA) is 20.2 Å². The maximum Gasteiger partial charge on any atom is 0.115 e. The zero-order valence-corrected chi connectivity index (χ0v) is 4.26. The van der Waals surface area contributed by atoms with E-state index in [-0.39, 0.29) is 5.75 Å². The molecule has 0 aliphatic heterocycles. The van der Waals surface area contributed by atoms with Crippen LogP contribution in [0.25, 0.3) is 0 Å². The van der Waals surface area contributed by atoms with Gasteiger partial charge in [-0.05, 0) is 17.7 Å². The molecule has 8 heavy (non-hydrogen) atoms. The minimum absolute atomic E-state index is 0.209. The summed E-state index contributed by atoms with van der Waals surface area (Å²) in [6, 6.07) is 6.05. The second kappa shape index (κ2) is 1.86. The van der Waals surface area contributed by atoms with Gasteiger partial charge in [0.1, 0.15) is 5.75 Å². The highest BCUT2D eigenvalue weighted by atomic mass is 16.3. The lowest BCUT2D eigenvalue weighted by Gasteiger charge is -1.88. The quantitative estimate of drug-likeness (QED) is 0.527. The first-order valence-corrected chi connectivity index (χ1v) is 2.29. The fraction of sp³-hybridized carbons (Fsp3) is 0. The summed E-state index contributed by atoms with van der Waals surface area (Å²) in [5, 5.41) is 8.67. The van der Waals surface area contributed by atoms with Crippen LogP contribution in [0.2, 0.25) is 0 Å². The van der Waals surface area contributed by atoms with E-state index in [4.69, 9.17) is 12.0 Å². The van der Waals surface area contributed by atoms with Crippen LogP contribution in [0.3, 0.4) is 0 Å². The van der Waals surface area contributed by atoms with E-state index in [1.54, 1.807) is 0 Å². The van der Waals surface area contributed by atoms with E-state index in [1.165, 1.54) is 24.3 Å². The molecule has 0 bridgehead atoms. The monoisotopic (exact) mass is 105 g/mol. The van der Waals surface area contributed by atoms with Crippen LogP contribution in [0.4, 0.5) is 0 Å². The number of hydrogen-bond acceptors (Lipinski definition) is 1. The van der Waals surface area contributed by atoms with Crippen molar-refractivity contribution in [1.29, 1.82) is 0 Å². The zero-order valence-electron chi connectivity index (χ0n) is 4.26. The largest absolute Gasteiger partial charge is 0.508 e. The molecule has 1 heteroatoms. The maximum atomic E-state index is 8.67. The number of phenols is 1. The van der Waals surface area contributed by atoms with E-state index in [2.05, 4.69) is 0 Å².